The predicted octanol–water partition coefficient (Wildman–Crippen LogP) is 2.68. The van der Waals surface area contributed by atoms with Gasteiger partial charge in [0.1, 0.15) is 15.7 Å². The number of halogens is 1. The molecule has 1 aromatic heterocycles. The van der Waals surface area contributed by atoms with Crippen LogP contribution in [0, 0.1) is 11.7 Å². The highest BCUT2D eigenvalue weighted by Gasteiger charge is 2.32. The van der Waals surface area contributed by atoms with Crippen LogP contribution < -0.4 is 5.73 Å². The van der Waals surface area contributed by atoms with Crippen molar-refractivity contribution in [1.82, 2.24) is 9.88 Å². The highest BCUT2D eigenvalue weighted by molar-refractivity contribution is 7.16. The van der Waals surface area contributed by atoms with Gasteiger partial charge in [-0.15, -0.1) is 11.3 Å². The van der Waals surface area contributed by atoms with E-state index in [2.05, 4.69) is 4.98 Å². The summed E-state index contributed by atoms with van der Waals surface area (Å²) >= 11 is 1.16. The SMILES string of the molecule is C[C@@H]1CC[C@@H](C(N)=O)CN1C(=O)c1cnc(-c2ccccc2F)s1. The number of aromatic nitrogens is 1. The lowest BCUT2D eigenvalue weighted by Crippen LogP contribution is -2.48. The Morgan fingerprint density at radius 2 is 2.08 bits per heavy atom. The lowest BCUT2D eigenvalue weighted by molar-refractivity contribution is -0.123. The van der Waals surface area contributed by atoms with Crippen LogP contribution in [-0.2, 0) is 4.79 Å². The number of benzene rings is 1. The maximum absolute atomic E-state index is 13.9. The minimum absolute atomic E-state index is 0.0344. The van der Waals surface area contributed by atoms with Crippen molar-refractivity contribution in [2.24, 2.45) is 11.7 Å². The Bertz CT molecular complexity index is 777. The molecule has 1 saturated heterocycles. The van der Waals surface area contributed by atoms with Gasteiger partial charge in [-0.05, 0) is 31.9 Å². The Balaban J connectivity index is 1.83. The number of piperidine rings is 1. The van der Waals surface area contributed by atoms with E-state index < -0.39 is 0 Å². The number of primary amides is 1. The molecule has 0 saturated carbocycles. The van der Waals surface area contributed by atoms with Crippen LogP contribution in [0.25, 0.3) is 10.6 Å². The average Bonchev–Trinajstić information content (AvgIpc) is 3.04. The average molecular weight is 347 g/mol. The van der Waals surface area contributed by atoms with E-state index in [1.807, 2.05) is 6.92 Å². The Morgan fingerprint density at radius 3 is 2.79 bits per heavy atom. The normalized spacial score (nSPS) is 20.8. The van der Waals surface area contributed by atoms with Gasteiger partial charge in [-0.1, -0.05) is 12.1 Å². The Hall–Kier alpha value is -2.28. The summed E-state index contributed by atoms with van der Waals surface area (Å²) in [4.78, 5) is 30.5. The molecule has 7 heteroatoms. The minimum Gasteiger partial charge on any atom is -0.369 e. The number of nitrogens with two attached hydrogens (primary N) is 1. The summed E-state index contributed by atoms with van der Waals surface area (Å²) in [5.74, 6) is -1.25. The molecule has 1 aromatic carbocycles. The third kappa shape index (κ3) is 3.17. The molecule has 24 heavy (non-hydrogen) atoms. The molecule has 0 spiro atoms. The highest BCUT2D eigenvalue weighted by atomic mass is 32.1. The van der Waals surface area contributed by atoms with Crippen molar-refractivity contribution < 1.29 is 14.0 Å². The zero-order valence-corrected chi connectivity index (χ0v) is 14.1. The van der Waals surface area contributed by atoms with Gasteiger partial charge in [0.2, 0.25) is 5.91 Å². The molecule has 1 aliphatic heterocycles. The third-order valence-corrected chi connectivity index (χ3v) is 5.38. The quantitative estimate of drug-likeness (QED) is 0.927. The summed E-state index contributed by atoms with van der Waals surface area (Å²) in [5, 5.41) is 0.465. The lowest BCUT2D eigenvalue weighted by Gasteiger charge is -2.36. The number of amides is 2. The first-order valence-electron chi connectivity index (χ1n) is 7.78. The molecule has 2 heterocycles. The van der Waals surface area contributed by atoms with E-state index in [9.17, 15) is 14.0 Å². The van der Waals surface area contributed by atoms with Crippen molar-refractivity contribution in [2.75, 3.05) is 6.54 Å². The van der Waals surface area contributed by atoms with Crippen molar-refractivity contribution >= 4 is 23.2 Å². The largest absolute Gasteiger partial charge is 0.369 e. The summed E-state index contributed by atoms with van der Waals surface area (Å²) < 4.78 is 13.9. The van der Waals surface area contributed by atoms with Crippen molar-refractivity contribution in [2.45, 2.75) is 25.8 Å². The summed E-state index contributed by atoms with van der Waals surface area (Å²) in [6.45, 7) is 2.27. The number of hydrogen-bond acceptors (Lipinski definition) is 4. The molecule has 2 amide bonds. The number of thiazole rings is 1. The van der Waals surface area contributed by atoms with Gasteiger partial charge in [-0.25, -0.2) is 9.37 Å². The van der Waals surface area contributed by atoms with Gasteiger partial charge in [0.15, 0.2) is 0 Å². The summed E-state index contributed by atoms with van der Waals surface area (Å²) in [7, 11) is 0. The number of likely N-dealkylation sites (tertiary alicyclic amines) is 1. The molecule has 2 aromatic rings. The fourth-order valence-corrected chi connectivity index (χ4v) is 3.80. The van der Waals surface area contributed by atoms with Gasteiger partial charge in [-0.2, -0.15) is 0 Å². The van der Waals surface area contributed by atoms with Gasteiger partial charge in [0.25, 0.3) is 5.91 Å². The number of nitrogens with zero attached hydrogens (tertiary/aromatic N) is 2. The van der Waals surface area contributed by atoms with Crippen LogP contribution in [0.2, 0.25) is 0 Å². The van der Waals surface area contributed by atoms with Crippen LogP contribution in [0.1, 0.15) is 29.4 Å². The molecule has 1 aliphatic rings. The highest BCUT2D eigenvalue weighted by Crippen LogP contribution is 2.30. The summed E-state index contributed by atoms with van der Waals surface area (Å²) in [5.41, 5.74) is 5.76. The number of carbonyl (C=O) groups is 2. The monoisotopic (exact) mass is 347 g/mol. The smallest absolute Gasteiger partial charge is 0.265 e. The Labute approximate surface area is 143 Å². The first-order valence-corrected chi connectivity index (χ1v) is 8.60. The molecule has 3 rings (SSSR count). The van der Waals surface area contributed by atoms with Crippen molar-refractivity contribution in [1.29, 1.82) is 0 Å². The fraction of sp³-hybridized carbons (Fsp3) is 0.353. The maximum atomic E-state index is 13.9. The van der Waals surface area contributed by atoms with E-state index >= 15 is 0 Å². The predicted molar refractivity (Wildman–Crippen MR) is 89.9 cm³/mol. The minimum atomic E-state index is -0.379. The molecule has 0 radical (unpaired) electrons. The number of hydrogen-bond donors (Lipinski definition) is 1. The maximum Gasteiger partial charge on any atom is 0.265 e. The lowest BCUT2D eigenvalue weighted by atomic mass is 9.93. The molecule has 126 valence electrons. The molecule has 1 fully saturated rings. The van der Waals surface area contributed by atoms with E-state index in [-0.39, 0.29) is 29.6 Å². The van der Waals surface area contributed by atoms with Crippen LogP contribution in [0.4, 0.5) is 4.39 Å². The second-order valence-corrected chi connectivity index (χ2v) is 7.02. The summed E-state index contributed by atoms with van der Waals surface area (Å²) in [6, 6.07) is 6.37. The van der Waals surface area contributed by atoms with Gasteiger partial charge in [-0.3, -0.25) is 9.59 Å². The second kappa shape index (κ2) is 6.68. The van der Waals surface area contributed by atoms with Crippen LogP contribution in [-0.4, -0.2) is 34.3 Å². The zero-order valence-electron chi connectivity index (χ0n) is 13.2. The van der Waals surface area contributed by atoms with E-state index in [1.54, 1.807) is 23.1 Å². The van der Waals surface area contributed by atoms with Crippen LogP contribution in [0.3, 0.4) is 0 Å². The standard InChI is InChI=1S/C17H18FN3O2S/c1-10-6-7-11(15(19)22)9-21(10)17(23)14-8-20-16(24-14)12-4-2-3-5-13(12)18/h2-5,8,10-11H,6-7,9H2,1H3,(H2,19,22)/t10-,11-/m1/s1. The first-order chi connectivity index (χ1) is 11.5. The zero-order chi connectivity index (χ0) is 17.3. The van der Waals surface area contributed by atoms with Crippen molar-refractivity contribution in [3.63, 3.8) is 0 Å². The van der Waals surface area contributed by atoms with E-state index in [0.717, 1.165) is 17.8 Å². The number of carbonyl (C=O) groups excluding carboxylic acids is 2. The Kier molecular flexibility index (Phi) is 4.62. The molecule has 0 bridgehead atoms. The molecule has 2 atom stereocenters. The number of rotatable bonds is 3. The van der Waals surface area contributed by atoms with Gasteiger partial charge in [0.05, 0.1) is 12.1 Å². The van der Waals surface area contributed by atoms with E-state index in [4.69, 9.17) is 5.73 Å². The van der Waals surface area contributed by atoms with E-state index in [0.29, 0.717) is 28.4 Å². The van der Waals surface area contributed by atoms with Crippen LogP contribution >= 0.6 is 11.3 Å². The van der Waals surface area contributed by atoms with E-state index in [1.165, 1.54) is 12.3 Å². The molecule has 5 nitrogen and oxygen atoms in total. The Morgan fingerprint density at radius 1 is 1.33 bits per heavy atom. The van der Waals surface area contributed by atoms with Crippen molar-refractivity contribution in [3.05, 3.63) is 41.2 Å². The van der Waals surface area contributed by atoms with Gasteiger partial charge in [0, 0.05) is 18.2 Å². The van der Waals surface area contributed by atoms with Gasteiger partial charge >= 0.3 is 0 Å². The molecular weight excluding hydrogens is 329 g/mol. The first kappa shape index (κ1) is 16.6. The van der Waals surface area contributed by atoms with Crippen LogP contribution in [0.5, 0.6) is 0 Å². The van der Waals surface area contributed by atoms with Gasteiger partial charge < -0.3 is 10.6 Å². The van der Waals surface area contributed by atoms with Crippen molar-refractivity contribution in [3.8, 4) is 10.6 Å². The molecule has 2 N–H and O–H groups in total. The topological polar surface area (TPSA) is 76.3 Å². The molecule has 0 aliphatic carbocycles. The molecule has 0 unspecified atom stereocenters. The molecular formula is C17H18FN3O2S. The summed E-state index contributed by atoms with van der Waals surface area (Å²) in [6.07, 6.45) is 2.90. The third-order valence-electron chi connectivity index (χ3n) is 4.37. The van der Waals surface area contributed by atoms with Crippen LogP contribution in [0.15, 0.2) is 30.5 Å². The fourth-order valence-electron chi connectivity index (χ4n) is 2.90. The second-order valence-electron chi connectivity index (χ2n) is 5.99.